The minimum absolute atomic E-state index is 0.230. The summed E-state index contributed by atoms with van der Waals surface area (Å²) >= 11 is 0. The van der Waals surface area contributed by atoms with Crippen molar-refractivity contribution in [1.29, 1.82) is 0 Å². The van der Waals surface area contributed by atoms with E-state index in [1.807, 2.05) is 13.8 Å². The lowest BCUT2D eigenvalue weighted by Gasteiger charge is -2.14. The van der Waals surface area contributed by atoms with Gasteiger partial charge >= 0.3 is 21.2 Å². The van der Waals surface area contributed by atoms with Crippen LogP contribution in [0.15, 0.2) is 0 Å². The van der Waals surface area contributed by atoms with Gasteiger partial charge in [-0.05, 0) is 26.3 Å². The number of hydrogen-bond acceptors (Lipinski definition) is 5. The second-order valence-electron chi connectivity index (χ2n) is 3.97. The fraction of sp³-hybridized carbons (Fsp3) is 0.818. The molecule has 0 aromatic rings. The van der Waals surface area contributed by atoms with E-state index < -0.39 is 15.3 Å². The van der Waals surface area contributed by atoms with Crippen LogP contribution in [0.2, 0.25) is 6.04 Å². The van der Waals surface area contributed by atoms with E-state index in [-0.39, 0.29) is 18.3 Å². The molecule has 6 heteroatoms. The molecule has 0 aliphatic carbocycles. The Balaban J connectivity index is 2.21. The highest BCUT2D eigenvalue weighted by atomic mass is 28.3. The van der Waals surface area contributed by atoms with Gasteiger partial charge in [0.15, 0.2) is 0 Å². The van der Waals surface area contributed by atoms with Crippen molar-refractivity contribution < 1.29 is 23.2 Å². The van der Waals surface area contributed by atoms with Gasteiger partial charge in [0, 0.05) is 13.2 Å². The molecule has 1 unspecified atom stereocenters. The SMILES string of the molecule is CCO[SiH](CCCC1CC(=O)OC1=O)OCC. The maximum absolute atomic E-state index is 11.2. The maximum Gasteiger partial charge on any atom is 0.321 e. The lowest BCUT2D eigenvalue weighted by molar-refractivity contribution is -0.153. The van der Waals surface area contributed by atoms with Gasteiger partial charge in [-0.1, -0.05) is 6.42 Å². The Morgan fingerprint density at radius 3 is 2.41 bits per heavy atom. The minimum atomic E-state index is -1.57. The number of rotatable bonds is 8. The van der Waals surface area contributed by atoms with Crippen molar-refractivity contribution in [1.82, 2.24) is 0 Å². The van der Waals surface area contributed by atoms with Crippen LogP contribution < -0.4 is 0 Å². The molecule has 0 spiro atoms. The molecule has 0 saturated carbocycles. The summed E-state index contributed by atoms with van der Waals surface area (Å²) in [4.78, 5) is 22.1. The zero-order valence-corrected chi connectivity index (χ0v) is 11.6. The zero-order valence-electron chi connectivity index (χ0n) is 10.4. The normalized spacial score (nSPS) is 20.1. The minimum Gasteiger partial charge on any atom is -0.397 e. The molecule has 1 rings (SSSR count). The van der Waals surface area contributed by atoms with Gasteiger partial charge in [0.05, 0.1) is 12.3 Å². The first-order valence-corrected chi connectivity index (χ1v) is 7.91. The summed E-state index contributed by atoms with van der Waals surface area (Å²) in [7, 11) is -1.57. The maximum atomic E-state index is 11.2. The second-order valence-corrected chi connectivity index (χ2v) is 6.07. The Labute approximate surface area is 103 Å². The second kappa shape index (κ2) is 7.57. The Hall–Kier alpha value is -0.723. The quantitative estimate of drug-likeness (QED) is 0.372. The van der Waals surface area contributed by atoms with Crippen LogP contribution in [-0.2, 0) is 23.2 Å². The Morgan fingerprint density at radius 1 is 1.29 bits per heavy atom. The largest absolute Gasteiger partial charge is 0.397 e. The van der Waals surface area contributed by atoms with Gasteiger partial charge in [-0.3, -0.25) is 9.59 Å². The van der Waals surface area contributed by atoms with Crippen molar-refractivity contribution in [2.45, 2.75) is 39.2 Å². The van der Waals surface area contributed by atoms with E-state index >= 15 is 0 Å². The highest BCUT2D eigenvalue weighted by molar-refractivity contribution is 6.44. The van der Waals surface area contributed by atoms with E-state index in [1.54, 1.807) is 0 Å². The van der Waals surface area contributed by atoms with Gasteiger partial charge in [-0.15, -0.1) is 0 Å². The first kappa shape index (κ1) is 14.3. The van der Waals surface area contributed by atoms with Gasteiger partial charge in [-0.2, -0.15) is 0 Å². The van der Waals surface area contributed by atoms with Crippen LogP contribution in [0, 0.1) is 5.92 Å². The van der Waals surface area contributed by atoms with Gasteiger partial charge < -0.3 is 13.6 Å². The van der Waals surface area contributed by atoms with Crippen LogP contribution in [0.4, 0.5) is 0 Å². The molecular weight excluding hydrogens is 240 g/mol. The first-order valence-electron chi connectivity index (χ1n) is 6.15. The highest BCUT2D eigenvalue weighted by Gasteiger charge is 2.32. The summed E-state index contributed by atoms with van der Waals surface area (Å²) in [6.45, 7) is 5.24. The summed E-state index contributed by atoms with van der Waals surface area (Å²) in [5, 5.41) is 0. The van der Waals surface area contributed by atoms with Crippen molar-refractivity contribution in [2.24, 2.45) is 5.92 Å². The molecule has 1 fully saturated rings. The van der Waals surface area contributed by atoms with Gasteiger partial charge in [-0.25, -0.2) is 0 Å². The van der Waals surface area contributed by atoms with Crippen molar-refractivity contribution in [3.05, 3.63) is 0 Å². The van der Waals surface area contributed by atoms with E-state index in [1.165, 1.54) is 0 Å². The summed E-state index contributed by atoms with van der Waals surface area (Å²) < 4.78 is 15.6. The molecule has 0 amide bonds. The van der Waals surface area contributed by atoms with Crippen LogP contribution >= 0.6 is 0 Å². The van der Waals surface area contributed by atoms with Crippen LogP contribution in [0.5, 0.6) is 0 Å². The first-order chi connectivity index (χ1) is 8.17. The summed E-state index contributed by atoms with van der Waals surface area (Å²) in [5.41, 5.74) is 0. The third-order valence-corrected chi connectivity index (χ3v) is 4.95. The molecule has 0 N–H and O–H groups in total. The number of carbonyl (C=O) groups is 2. The molecule has 0 bridgehead atoms. The molecule has 0 aromatic heterocycles. The lowest BCUT2D eigenvalue weighted by atomic mass is 10.0. The lowest BCUT2D eigenvalue weighted by Crippen LogP contribution is -2.23. The van der Waals surface area contributed by atoms with Gasteiger partial charge in [0.25, 0.3) is 0 Å². The fourth-order valence-electron chi connectivity index (χ4n) is 1.86. The zero-order chi connectivity index (χ0) is 12.7. The number of cyclic esters (lactones) is 2. The molecule has 1 atom stereocenters. The number of carbonyl (C=O) groups excluding carboxylic acids is 2. The van der Waals surface area contributed by atoms with Crippen molar-refractivity contribution in [3.63, 3.8) is 0 Å². The molecule has 0 aromatic carbocycles. The van der Waals surface area contributed by atoms with Crippen molar-refractivity contribution >= 4 is 21.2 Å². The Morgan fingerprint density at radius 2 is 1.94 bits per heavy atom. The van der Waals surface area contributed by atoms with Crippen molar-refractivity contribution in [2.75, 3.05) is 13.2 Å². The predicted molar refractivity (Wildman–Crippen MR) is 63.6 cm³/mol. The summed E-state index contributed by atoms with van der Waals surface area (Å²) in [6, 6.07) is 0.875. The average molecular weight is 260 g/mol. The smallest absolute Gasteiger partial charge is 0.321 e. The average Bonchev–Trinajstić information content (AvgIpc) is 2.58. The van der Waals surface area contributed by atoms with E-state index in [0.717, 1.165) is 12.5 Å². The highest BCUT2D eigenvalue weighted by Crippen LogP contribution is 2.22. The number of hydrogen-bond donors (Lipinski definition) is 0. The van der Waals surface area contributed by atoms with Gasteiger partial charge in [0.1, 0.15) is 0 Å². The van der Waals surface area contributed by atoms with E-state index in [0.29, 0.717) is 19.6 Å². The summed E-state index contributed by atoms with van der Waals surface area (Å²) in [6.07, 6.45) is 1.77. The molecule has 17 heavy (non-hydrogen) atoms. The molecule has 5 nitrogen and oxygen atoms in total. The third kappa shape index (κ3) is 4.97. The number of esters is 2. The molecule has 1 aliphatic heterocycles. The van der Waals surface area contributed by atoms with E-state index in [2.05, 4.69) is 4.74 Å². The molecule has 1 saturated heterocycles. The summed E-state index contributed by atoms with van der Waals surface area (Å²) in [5.74, 6) is -1.02. The fourth-order valence-corrected chi connectivity index (χ4v) is 3.60. The molecule has 98 valence electrons. The van der Waals surface area contributed by atoms with Crippen LogP contribution in [-0.4, -0.2) is 34.4 Å². The standard InChI is InChI=1S/C11H20O5Si/c1-3-14-17(15-4-2)7-5-6-9-8-10(12)16-11(9)13/h9,17H,3-8H2,1-2H3. The van der Waals surface area contributed by atoms with Crippen LogP contribution in [0.3, 0.4) is 0 Å². The van der Waals surface area contributed by atoms with E-state index in [4.69, 9.17) is 8.85 Å². The Bertz CT molecular complexity index is 263. The van der Waals surface area contributed by atoms with Crippen molar-refractivity contribution in [3.8, 4) is 0 Å². The Kier molecular flexibility index (Phi) is 6.39. The third-order valence-electron chi connectivity index (χ3n) is 2.66. The molecular formula is C11H20O5Si. The van der Waals surface area contributed by atoms with Gasteiger partial charge in [0.2, 0.25) is 0 Å². The molecule has 1 heterocycles. The topological polar surface area (TPSA) is 61.8 Å². The van der Waals surface area contributed by atoms with E-state index in [9.17, 15) is 9.59 Å². The number of ether oxygens (including phenoxy) is 1. The predicted octanol–water partition coefficient (Wildman–Crippen LogP) is 1.15. The molecule has 0 radical (unpaired) electrons. The monoisotopic (exact) mass is 260 g/mol. The molecule has 1 aliphatic rings. The van der Waals surface area contributed by atoms with Crippen LogP contribution in [0.25, 0.3) is 0 Å². The van der Waals surface area contributed by atoms with Crippen LogP contribution in [0.1, 0.15) is 33.1 Å².